The Morgan fingerprint density at radius 3 is 1.18 bits per heavy atom. The number of ether oxygens (including phenoxy) is 2. The molecular weight excluding hydrogens is 247 g/mol. The summed E-state index contributed by atoms with van der Waals surface area (Å²) in [5, 5.41) is 18.8. The fourth-order valence-electron chi connectivity index (χ4n) is 0.321. The number of rotatable bonds is 4. The quantitative estimate of drug-likeness (QED) is 0.361. The van der Waals surface area contributed by atoms with E-state index in [4.69, 9.17) is 0 Å². The van der Waals surface area contributed by atoms with Gasteiger partial charge in [-0.1, -0.05) is 0 Å². The molecule has 0 spiro atoms. The van der Waals surface area contributed by atoms with Crippen LogP contribution >= 0.6 is 0 Å². The van der Waals surface area contributed by atoms with Gasteiger partial charge in [-0.25, -0.2) is 0 Å². The van der Waals surface area contributed by atoms with Crippen LogP contribution in [0.25, 0.3) is 0 Å². The number of carbonyl (C=O) groups is 4. The molecule has 0 rings (SSSR count). The summed E-state index contributed by atoms with van der Waals surface area (Å²) >= 11 is 0. The fraction of sp³-hybridized carbons (Fsp3) is 0.500. The Morgan fingerprint density at radius 2 is 1.12 bits per heavy atom. The standard InChI is InChI=1S/2C4H6O4.Na/c2*1-3(5)2-8-4(6)7;/h2*2H2,1H3,(H,6,7);/q;;+1/p-1. The van der Waals surface area contributed by atoms with E-state index in [2.05, 4.69) is 9.47 Å². The molecule has 0 aromatic heterocycles. The van der Waals surface area contributed by atoms with Gasteiger partial charge < -0.3 is 29.3 Å². The molecule has 0 unspecified atom stereocenters. The Bertz CT molecular complexity index is 224. The molecule has 8 nitrogen and oxygen atoms in total. The van der Waals surface area contributed by atoms with Crippen LogP contribution in [0.3, 0.4) is 0 Å². The Morgan fingerprint density at radius 1 is 0.882 bits per heavy atom. The average Bonchev–Trinajstić information content (AvgIpc) is 2.12. The van der Waals surface area contributed by atoms with Crippen LogP contribution in [0, 0.1) is 0 Å². The summed E-state index contributed by atoms with van der Waals surface area (Å²) in [6, 6.07) is 0. The zero-order valence-corrected chi connectivity index (χ0v) is 11.7. The van der Waals surface area contributed by atoms with Gasteiger partial charge in [0.1, 0.15) is 11.6 Å². The second-order valence-corrected chi connectivity index (χ2v) is 2.48. The summed E-state index contributed by atoms with van der Waals surface area (Å²) in [4.78, 5) is 38.7. The number of ketones is 2. The van der Waals surface area contributed by atoms with Crippen molar-refractivity contribution in [2.75, 3.05) is 13.2 Å². The van der Waals surface area contributed by atoms with Crippen molar-refractivity contribution in [3.8, 4) is 0 Å². The molecule has 0 aliphatic rings. The van der Waals surface area contributed by atoms with E-state index in [-0.39, 0.29) is 42.6 Å². The van der Waals surface area contributed by atoms with Gasteiger partial charge in [0.05, 0.1) is 13.2 Å². The molecule has 0 bridgehead atoms. The minimum atomic E-state index is -1.67. The maximum absolute atomic E-state index is 9.93. The number of carbonyl (C=O) groups excluding carboxylic acids is 4. The molecule has 0 aliphatic carbocycles. The topological polar surface area (TPSA) is 133 Å². The molecular formula is C8H11NaO8. The van der Waals surface area contributed by atoms with Gasteiger partial charge in [0.25, 0.3) is 12.3 Å². The van der Waals surface area contributed by atoms with E-state index in [0.717, 1.165) is 0 Å². The maximum atomic E-state index is 9.93. The maximum Gasteiger partial charge on any atom is 1.00 e. The zero-order chi connectivity index (χ0) is 13.1. The molecule has 92 valence electrons. The van der Waals surface area contributed by atoms with Crippen LogP contribution in [0.5, 0.6) is 0 Å². The Labute approximate surface area is 121 Å². The summed E-state index contributed by atoms with van der Waals surface area (Å²) in [5.41, 5.74) is 0. The minimum absolute atomic E-state index is 0. The molecule has 0 saturated carbocycles. The van der Waals surface area contributed by atoms with Gasteiger partial charge in [0, 0.05) is 0 Å². The second kappa shape index (κ2) is 12.9. The van der Waals surface area contributed by atoms with Crippen molar-refractivity contribution >= 4 is 23.9 Å². The number of carboxylic acid groups (broad SMARTS) is 2. The number of hydrogen-bond donors (Lipinski definition) is 0. The summed E-state index contributed by atoms with van der Waals surface area (Å²) < 4.78 is 7.52. The van der Waals surface area contributed by atoms with E-state index in [1.165, 1.54) is 13.8 Å². The molecule has 0 amide bonds. The van der Waals surface area contributed by atoms with Crippen molar-refractivity contribution in [3.63, 3.8) is 0 Å². The zero-order valence-electron chi connectivity index (χ0n) is 10.7. The van der Waals surface area contributed by atoms with Gasteiger partial charge in [-0.05, 0) is 13.8 Å². The molecule has 0 saturated heterocycles. The SMILES string of the molecule is CC(=O)COC(=O)[O-].CC(=O)COC(=O)[O-].[H+].[Na+]. The molecule has 9 heteroatoms. The second-order valence-electron chi connectivity index (χ2n) is 2.48. The largest absolute Gasteiger partial charge is 1.00 e. The van der Waals surface area contributed by atoms with Gasteiger partial charge in [-0.15, -0.1) is 0 Å². The number of Topliss-reactive ketones (excluding diaryl/α,β-unsaturated/α-hetero) is 2. The first-order chi connectivity index (χ1) is 7.25. The van der Waals surface area contributed by atoms with E-state index in [1.807, 2.05) is 0 Å². The van der Waals surface area contributed by atoms with Crippen LogP contribution in [-0.4, -0.2) is 37.1 Å². The van der Waals surface area contributed by atoms with E-state index in [9.17, 15) is 29.4 Å². The first kappa shape index (κ1) is 21.2. The molecule has 0 heterocycles. The predicted molar refractivity (Wildman–Crippen MR) is 45.2 cm³/mol. The molecule has 0 aliphatic heterocycles. The fourth-order valence-corrected chi connectivity index (χ4v) is 0.321. The average molecular weight is 258 g/mol. The van der Waals surface area contributed by atoms with Gasteiger partial charge in [0.2, 0.25) is 0 Å². The molecule has 0 aromatic rings. The Hall–Kier alpha value is -1.12. The minimum Gasteiger partial charge on any atom is -0.542 e. The van der Waals surface area contributed by atoms with Gasteiger partial charge >= 0.3 is 31.0 Å². The molecule has 0 radical (unpaired) electrons. The van der Waals surface area contributed by atoms with Gasteiger partial charge in [-0.3, -0.25) is 9.59 Å². The molecule has 0 aromatic carbocycles. The van der Waals surface area contributed by atoms with Crippen LogP contribution < -0.4 is 39.8 Å². The van der Waals surface area contributed by atoms with Crippen molar-refractivity contribution in [2.45, 2.75) is 13.8 Å². The molecule has 17 heavy (non-hydrogen) atoms. The van der Waals surface area contributed by atoms with Crippen LogP contribution in [0.2, 0.25) is 0 Å². The van der Waals surface area contributed by atoms with Crippen molar-refractivity contribution < 1.29 is 69.8 Å². The summed E-state index contributed by atoms with van der Waals surface area (Å²) in [6.45, 7) is 1.62. The third-order valence-corrected chi connectivity index (χ3v) is 0.787. The van der Waals surface area contributed by atoms with E-state index < -0.39 is 25.5 Å². The van der Waals surface area contributed by atoms with Crippen molar-refractivity contribution in [1.82, 2.24) is 0 Å². The van der Waals surface area contributed by atoms with Gasteiger partial charge in [0.15, 0.2) is 0 Å². The van der Waals surface area contributed by atoms with Crippen LogP contribution in [-0.2, 0) is 19.1 Å². The van der Waals surface area contributed by atoms with E-state index in [1.54, 1.807) is 0 Å². The summed E-state index contributed by atoms with van der Waals surface area (Å²) in [5.74, 6) is -0.677. The molecule has 0 fully saturated rings. The van der Waals surface area contributed by atoms with Gasteiger partial charge in [-0.2, -0.15) is 0 Å². The van der Waals surface area contributed by atoms with Crippen molar-refractivity contribution in [2.24, 2.45) is 0 Å². The van der Waals surface area contributed by atoms with E-state index in [0.29, 0.717) is 0 Å². The molecule has 0 N–H and O–H groups in total. The first-order valence-corrected chi connectivity index (χ1v) is 3.92. The Balaban J connectivity index is -0.0000000980. The van der Waals surface area contributed by atoms with Crippen molar-refractivity contribution in [3.05, 3.63) is 0 Å². The first-order valence-electron chi connectivity index (χ1n) is 3.92. The van der Waals surface area contributed by atoms with Crippen LogP contribution in [0.1, 0.15) is 15.3 Å². The monoisotopic (exact) mass is 258 g/mol. The predicted octanol–water partition coefficient (Wildman–Crippen LogP) is -5.01. The van der Waals surface area contributed by atoms with Crippen LogP contribution in [0.4, 0.5) is 9.59 Å². The van der Waals surface area contributed by atoms with Crippen LogP contribution in [0.15, 0.2) is 0 Å². The third-order valence-electron chi connectivity index (χ3n) is 0.787. The summed E-state index contributed by atoms with van der Waals surface area (Å²) in [6.07, 6.45) is -3.33. The third kappa shape index (κ3) is 31.3. The van der Waals surface area contributed by atoms with Crippen molar-refractivity contribution in [1.29, 1.82) is 0 Å². The Kier molecular flexibility index (Phi) is 16.1. The van der Waals surface area contributed by atoms with E-state index >= 15 is 0 Å². The summed E-state index contributed by atoms with van der Waals surface area (Å²) in [7, 11) is 0. The molecule has 0 atom stereocenters. The smallest absolute Gasteiger partial charge is 0.542 e. The normalized spacial score (nSPS) is 7.65. The number of hydrogen-bond acceptors (Lipinski definition) is 8.